The molecule has 1 aliphatic carbocycles. The summed E-state index contributed by atoms with van der Waals surface area (Å²) < 4.78 is 43.8. The highest BCUT2D eigenvalue weighted by atomic mass is 32.1. The molecule has 2 heterocycles. The van der Waals surface area contributed by atoms with Crippen molar-refractivity contribution in [3.63, 3.8) is 0 Å². The molecule has 5 nitrogen and oxygen atoms in total. The quantitative estimate of drug-likeness (QED) is 0.468. The van der Waals surface area contributed by atoms with Gasteiger partial charge in [0, 0.05) is 36.2 Å². The van der Waals surface area contributed by atoms with Crippen molar-refractivity contribution in [2.45, 2.75) is 44.4 Å². The van der Waals surface area contributed by atoms with Gasteiger partial charge in [0.15, 0.2) is 11.7 Å². The van der Waals surface area contributed by atoms with Crippen LogP contribution in [0.15, 0.2) is 54.9 Å². The summed E-state index contributed by atoms with van der Waals surface area (Å²) in [7, 11) is 0. The molecule has 1 amide bonds. The van der Waals surface area contributed by atoms with Crippen LogP contribution in [-0.4, -0.2) is 28.2 Å². The molecule has 1 aromatic carbocycles. The van der Waals surface area contributed by atoms with Gasteiger partial charge in [-0.2, -0.15) is 13.2 Å². The lowest BCUT2D eigenvalue weighted by Crippen LogP contribution is -2.26. The average molecular weight is 464 g/mol. The molecule has 0 aliphatic heterocycles. The minimum absolute atomic E-state index is 0.0719. The third-order valence-electron chi connectivity index (χ3n) is 5.43. The van der Waals surface area contributed by atoms with Crippen molar-refractivity contribution < 1.29 is 22.7 Å². The molecule has 3 aromatic rings. The van der Waals surface area contributed by atoms with Crippen LogP contribution in [0.2, 0.25) is 0 Å². The molecule has 0 radical (unpaired) electrons. The van der Waals surface area contributed by atoms with Crippen molar-refractivity contribution in [1.29, 1.82) is 0 Å². The van der Waals surface area contributed by atoms with Crippen molar-refractivity contribution in [1.82, 2.24) is 14.9 Å². The van der Waals surface area contributed by atoms with Crippen LogP contribution in [0, 0.1) is 5.92 Å². The van der Waals surface area contributed by atoms with E-state index >= 15 is 0 Å². The predicted octanol–water partition coefficient (Wildman–Crippen LogP) is 5.31. The summed E-state index contributed by atoms with van der Waals surface area (Å²) in [4.78, 5) is 17.8. The summed E-state index contributed by atoms with van der Waals surface area (Å²) >= 11 is 1.11. The van der Waals surface area contributed by atoms with Gasteiger partial charge < -0.3 is 14.6 Å². The maximum atomic E-state index is 12.5. The van der Waals surface area contributed by atoms with Crippen molar-refractivity contribution >= 4 is 17.2 Å². The van der Waals surface area contributed by atoms with Crippen molar-refractivity contribution in [2.75, 3.05) is 6.61 Å². The standard InChI is InChI=1S/C23H24F3N3O2S/c1-15(19-7-8-21(32-19)31-14-23(24,25)26)28-20(30)12-17-11-18(17)22-27-9-10-29(22)13-16-5-3-2-4-6-16/h2-10,15,17-18H,11-14H2,1H3,(H,28,30)/t15-,17-,18-/m1/s1. The van der Waals surface area contributed by atoms with E-state index in [9.17, 15) is 18.0 Å². The molecule has 0 saturated heterocycles. The summed E-state index contributed by atoms with van der Waals surface area (Å²) in [5.41, 5.74) is 1.20. The van der Waals surface area contributed by atoms with E-state index in [0.717, 1.165) is 35.0 Å². The molecule has 32 heavy (non-hydrogen) atoms. The van der Waals surface area contributed by atoms with Gasteiger partial charge in [0.1, 0.15) is 5.82 Å². The summed E-state index contributed by atoms with van der Waals surface area (Å²) in [5.74, 6) is 1.44. The number of rotatable bonds is 9. The van der Waals surface area contributed by atoms with Gasteiger partial charge >= 0.3 is 6.18 Å². The van der Waals surface area contributed by atoms with Gasteiger partial charge in [-0.3, -0.25) is 4.79 Å². The number of imidazole rings is 1. The van der Waals surface area contributed by atoms with Gasteiger partial charge in [0.05, 0.1) is 6.04 Å². The van der Waals surface area contributed by atoms with E-state index in [1.807, 2.05) is 31.3 Å². The number of halogens is 3. The number of alkyl halides is 3. The molecule has 1 N–H and O–H groups in total. The molecule has 1 fully saturated rings. The summed E-state index contributed by atoms with van der Waals surface area (Å²) in [5, 5.41) is 3.13. The fourth-order valence-electron chi connectivity index (χ4n) is 3.76. The van der Waals surface area contributed by atoms with E-state index in [4.69, 9.17) is 4.74 Å². The van der Waals surface area contributed by atoms with Gasteiger partial charge in [-0.05, 0) is 37.0 Å². The van der Waals surface area contributed by atoms with Crippen LogP contribution in [0.3, 0.4) is 0 Å². The van der Waals surface area contributed by atoms with Crippen LogP contribution in [0.1, 0.15) is 48.0 Å². The first-order valence-corrected chi connectivity index (χ1v) is 11.2. The topological polar surface area (TPSA) is 56.2 Å². The number of nitrogens with one attached hydrogen (secondary N) is 1. The molecule has 9 heteroatoms. The number of hydrogen-bond acceptors (Lipinski definition) is 4. The molecule has 0 unspecified atom stereocenters. The van der Waals surface area contributed by atoms with Crippen LogP contribution in [0.4, 0.5) is 13.2 Å². The van der Waals surface area contributed by atoms with Gasteiger partial charge in [0.25, 0.3) is 0 Å². The number of amides is 1. The number of benzene rings is 1. The molecular formula is C23H24F3N3O2S. The smallest absolute Gasteiger partial charge is 0.422 e. The number of carbonyl (C=O) groups is 1. The van der Waals surface area contributed by atoms with E-state index in [-0.39, 0.29) is 28.8 Å². The maximum Gasteiger partial charge on any atom is 0.422 e. The van der Waals surface area contributed by atoms with Crippen LogP contribution >= 0.6 is 11.3 Å². The Hall–Kier alpha value is -2.81. The van der Waals surface area contributed by atoms with Gasteiger partial charge in [-0.15, -0.1) is 11.3 Å². The summed E-state index contributed by atoms with van der Waals surface area (Å²) in [6.07, 6.45) is 0.707. The highest BCUT2D eigenvalue weighted by molar-refractivity contribution is 7.13. The van der Waals surface area contributed by atoms with E-state index < -0.39 is 12.8 Å². The molecule has 0 spiro atoms. The number of hydrogen-bond donors (Lipinski definition) is 1. The Morgan fingerprint density at radius 2 is 2.06 bits per heavy atom. The van der Waals surface area contributed by atoms with Gasteiger partial charge in [-0.1, -0.05) is 30.3 Å². The number of thiophene rings is 1. The SMILES string of the molecule is C[C@@H](NC(=O)C[C@H]1C[C@H]1c1nccn1Cc1ccccc1)c1ccc(OCC(F)(F)F)s1. The van der Waals surface area contributed by atoms with Crippen LogP contribution in [0.25, 0.3) is 0 Å². The van der Waals surface area contributed by atoms with Crippen molar-refractivity contribution in [3.05, 3.63) is 71.1 Å². The monoisotopic (exact) mass is 463 g/mol. The number of carbonyl (C=O) groups excluding carboxylic acids is 1. The van der Waals surface area contributed by atoms with Crippen molar-refractivity contribution in [2.24, 2.45) is 5.92 Å². The lowest BCUT2D eigenvalue weighted by atomic mass is 10.2. The lowest BCUT2D eigenvalue weighted by molar-refractivity contribution is -0.152. The van der Waals surface area contributed by atoms with Crippen molar-refractivity contribution in [3.8, 4) is 5.06 Å². The summed E-state index contributed by atoms with van der Waals surface area (Å²) in [6.45, 7) is 1.24. The normalized spacial score (nSPS) is 18.9. The Balaban J connectivity index is 1.27. The molecule has 1 saturated carbocycles. The zero-order chi connectivity index (χ0) is 22.7. The number of nitrogens with zero attached hydrogens (tertiary/aromatic N) is 2. The minimum atomic E-state index is -4.37. The Morgan fingerprint density at radius 3 is 2.81 bits per heavy atom. The van der Waals surface area contributed by atoms with Gasteiger partial charge in [-0.25, -0.2) is 4.98 Å². The predicted molar refractivity (Wildman–Crippen MR) is 116 cm³/mol. The second-order valence-electron chi connectivity index (χ2n) is 8.06. The lowest BCUT2D eigenvalue weighted by Gasteiger charge is -2.12. The number of ether oxygens (including phenoxy) is 1. The molecule has 0 bridgehead atoms. The minimum Gasteiger partial charge on any atom is -0.475 e. The largest absolute Gasteiger partial charge is 0.475 e. The second-order valence-corrected chi connectivity index (χ2v) is 9.13. The van der Waals surface area contributed by atoms with E-state index in [1.165, 1.54) is 11.6 Å². The van der Waals surface area contributed by atoms with Crippen LogP contribution < -0.4 is 10.1 Å². The highest BCUT2D eigenvalue weighted by Crippen LogP contribution is 2.49. The fraction of sp³-hybridized carbons (Fsp3) is 0.391. The maximum absolute atomic E-state index is 12.5. The molecule has 4 rings (SSSR count). The third kappa shape index (κ3) is 5.91. The van der Waals surface area contributed by atoms with E-state index in [0.29, 0.717) is 6.42 Å². The van der Waals surface area contributed by atoms with Gasteiger partial charge in [0.2, 0.25) is 5.91 Å². The first kappa shape index (κ1) is 22.4. The molecular weight excluding hydrogens is 439 g/mol. The Labute approximate surface area is 188 Å². The van der Waals surface area contributed by atoms with E-state index in [2.05, 4.69) is 27.0 Å². The molecule has 1 aliphatic rings. The second kappa shape index (κ2) is 9.36. The zero-order valence-electron chi connectivity index (χ0n) is 17.5. The highest BCUT2D eigenvalue weighted by Gasteiger charge is 2.42. The third-order valence-corrected chi connectivity index (χ3v) is 6.61. The first-order valence-electron chi connectivity index (χ1n) is 10.4. The molecule has 3 atom stereocenters. The zero-order valence-corrected chi connectivity index (χ0v) is 18.3. The first-order chi connectivity index (χ1) is 15.3. The van der Waals surface area contributed by atoms with Crippen LogP contribution in [0.5, 0.6) is 5.06 Å². The molecule has 2 aromatic heterocycles. The van der Waals surface area contributed by atoms with Crippen LogP contribution in [-0.2, 0) is 11.3 Å². The Morgan fingerprint density at radius 1 is 1.28 bits per heavy atom. The average Bonchev–Trinajstić information content (AvgIpc) is 3.14. The summed E-state index contributed by atoms with van der Waals surface area (Å²) in [6, 6.07) is 13.0. The number of aromatic nitrogens is 2. The Kier molecular flexibility index (Phi) is 6.55. The Bertz CT molecular complexity index is 1050. The van der Waals surface area contributed by atoms with E-state index in [1.54, 1.807) is 12.3 Å². The molecule has 170 valence electrons. The fourth-order valence-corrected chi connectivity index (χ4v) is 4.62.